The van der Waals surface area contributed by atoms with Gasteiger partial charge in [0.25, 0.3) is 0 Å². The van der Waals surface area contributed by atoms with Crippen LogP contribution in [0.15, 0.2) is 18.2 Å². The molecule has 0 saturated carbocycles. The number of hydrogen-bond acceptors (Lipinski definition) is 9. The van der Waals surface area contributed by atoms with Gasteiger partial charge < -0.3 is 20.7 Å². The highest BCUT2D eigenvalue weighted by molar-refractivity contribution is 7.22. The van der Waals surface area contributed by atoms with Crippen molar-refractivity contribution < 1.29 is 17.9 Å². The number of hydrogen-bond donors (Lipinski definition) is 2. The third-order valence-corrected chi connectivity index (χ3v) is 10.3. The first-order chi connectivity index (χ1) is 19.8. The van der Waals surface area contributed by atoms with E-state index in [1.54, 1.807) is 6.07 Å². The Morgan fingerprint density at radius 3 is 2.76 bits per heavy atom. The average molecular weight is 602 g/mol. The van der Waals surface area contributed by atoms with Crippen molar-refractivity contribution in [1.82, 2.24) is 25.2 Å². The number of halogens is 4. The van der Waals surface area contributed by atoms with E-state index in [-0.39, 0.29) is 44.1 Å². The molecule has 7 heterocycles. The van der Waals surface area contributed by atoms with Crippen molar-refractivity contribution in [3.63, 3.8) is 0 Å². The predicted molar refractivity (Wildman–Crippen MR) is 154 cm³/mol. The summed E-state index contributed by atoms with van der Waals surface area (Å²) in [6, 6.07) is 5.08. The van der Waals surface area contributed by atoms with Gasteiger partial charge in [0.2, 0.25) is 0 Å². The number of nitrogens with zero attached hydrogens (tertiary/aromatic N) is 5. The average Bonchev–Trinajstić information content (AvgIpc) is 3.60. The van der Waals surface area contributed by atoms with Crippen LogP contribution >= 0.6 is 22.9 Å². The van der Waals surface area contributed by atoms with Crippen molar-refractivity contribution >= 4 is 55.0 Å². The van der Waals surface area contributed by atoms with Crippen LogP contribution in [-0.2, 0) is 0 Å². The fraction of sp³-hybridized carbons (Fsp3) is 0.464. The summed E-state index contributed by atoms with van der Waals surface area (Å²) in [6.45, 7) is 2.88. The van der Waals surface area contributed by atoms with Gasteiger partial charge in [-0.15, -0.1) is 0 Å². The standard InChI is InChI=1S/C28H27ClF3N7OS/c29-18-7-17-22(21(32)20(18)16-2-3-19(31)24-23(16)35-26(33)41-24)36-27(37-25(17)38-10-14-6-15(11-38)34-14)40-12-28-4-1-5-39(28)9-13(30)8-28/h2-3,7,13-15,34H,1,4-6,8-12H2,(H2,33,35)/t13-,14-,15+,28+/m1/s1. The maximum absolute atomic E-state index is 16.6. The zero-order valence-electron chi connectivity index (χ0n) is 22.0. The lowest BCUT2D eigenvalue weighted by Gasteiger charge is -2.48. The van der Waals surface area contributed by atoms with Gasteiger partial charge in [-0.05, 0) is 44.0 Å². The quantitative estimate of drug-likeness (QED) is 0.333. The van der Waals surface area contributed by atoms with E-state index >= 15 is 4.39 Å². The zero-order chi connectivity index (χ0) is 28.0. The molecular formula is C28H27ClF3N7OS. The van der Waals surface area contributed by atoms with Gasteiger partial charge in [0, 0.05) is 54.7 Å². The third-order valence-electron chi connectivity index (χ3n) is 9.08. The molecule has 2 aromatic heterocycles. The highest BCUT2D eigenvalue weighted by Crippen LogP contribution is 2.44. The molecule has 5 aliphatic heterocycles. The number of alkyl halides is 1. The number of anilines is 2. The topological polar surface area (TPSA) is 92.4 Å². The molecule has 0 unspecified atom stereocenters. The first kappa shape index (κ1) is 25.8. The van der Waals surface area contributed by atoms with Gasteiger partial charge in [-0.3, -0.25) is 4.90 Å². The van der Waals surface area contributed by atoms with Gasteiger partial charge in [0.05, 0.1) is 20.8 Å². The monoisotopic (exact) mass is 601 g/mol. The molecule has 214 valence electrons. The molecule has 2 aromatic carbocycles. The van der Waals surface area contributed by atoms with Crippen molar-refractivity contribution in [3.05, 3.63) is 34.9 Å². The molecule has 5 aliphatic rings. The van der Waals surface area contributed by atoms with Crippen molar-refractivity contribution in [2.24, 2.45) is 0 Å². The van der Waals surface area contributed by atoms with E-state index in [4.69, 9.17) is 27.1 Å². The summed E-state index contributed by atoms with van der Waals surface area (Å²) in [5.41, 5.74) is 6.15. The van der Waals surface area contributed by atoms with Gasteiger partial charge in [-0.2, -0.15) is 9.97 Å². The molecule has 5 fully saturated rings. The molecule has 4 atom stereocenters. The van der Waals surface area contributed by atoms with E-state index in [9.17, 15) is 8.78 Å². The molecule has 13 heteroatoms. The molecule has 0 amide bonds. The summed E-state index contributed by atoms with van der Waals surface area (Å²) in [7, 11) is 0. The first-order valence-electron chi connectivity index (χ1n) is 13.9. The van der Waals surface area contributed by atoms with Gasteiger partial charge in [-0.1, -0.05) is 22.9 Å². The molecule has 0 aliphatic carbocycles. The number of benzene rings is 2. The Morgan fingerprint density at radius 2 is 1.95 bits per heavy atom. The van der Waals surface area contributed by atoms with E-state index in [0.29, 0.717) is 54.9 Å². The van der Waals surface area contributed by atoms with E-state index < -0.39 is 23.3 Å². The van der Waals surface area contributed by atoms with Crippen molar-refractivity contribution in [2.45, 2.75) is 49.5 Å². The molecular weight excluding hydrogens is 575 g/mol. The summed E-state index contributed by atoms with van der Waals surface area (Å²) < 4.78 is 51.9. The summed E-state index contributed by atoms with van der Waals surface area (Å²) in [5, 5.41) is 4.27. The van der Waals surface area contributed by atoms with Crippen LogP contribution < -0.4 is 20.7 Å². The number of thiazole rings is 1. The zero-order valence-corrected chi connectivity index (χ0v) is 23.5. The summed E-state index contributed by atoms with van der Waals surface area (Å²) in [5.74, 6) is -0.618. The Bertz CT molecular complexity index is 1710. The molecule has 2 bridgehead atoms. The van der Waals surface area contributed by atoms with Crippen LogP contribution in [0.1, 0.15) is 25.7 Å². The number of rotatable bonds is 5. The molecule has 9 rings (SSSR count). The number of ether oxygens (including phenoxy) is 1. The summed E-state index contributed by atoms with van der Waals surface area (Å²) in [6.07, 6.45) is 2.41. The number of piperidine rings is 1. The number of nitrogens with two attached hydrogens (primary N) is 1. The van der Waals surface area contributed by atoms with Crippen molar-refractivity contribution in [1.29, 1.82) is 0 Å². The van der Waals surface area contributed by atoms with Crippen LogP contribution in [0.25, 0.3) is 32.2 Å². The fourth-order valence-corrected chi connectivity index (χ4v) is 8.30. The lowest BCUT2D eigenvalue weighted by molar-refractivity contribution is 0.107. The molecule has 0 radical (unpaired) electrons. The minimum atomic E-state index is -0.894. The molecule has 5 saturated heterocycles. The normalized spacial score (nSPS) is 27.5. The Morgan fingerprint density at radius 1 is 1.15 bits per heavy atom. The Hall–Kier alpha value is -2.93. The van der Waals surface area contributed by atoms with E-state index in [1.807, 2.05) is 0 Å². The number of nitrogens with one attached hydrogen (secondary N) is 1. The SMILES string of the molecule is Nc1nc2c(-c3c(Cl)cc4c(N5C[C@H]6C[C@@H](C5)N6)nc(OC[C@@]56CCCN5C[C@H](F)C6)nc4c3F)ccc(F)c2s1. The number of nitrogen functional groups attached to an aromatic ring is 1. The number of fused-ring (bicyclic) bond motifs is 5. The largest absolute Gasteiger partial charge is 0.461 e. The molecule has 8 nitrogen and oxygen atoms in total. The van der Waals surface area contributed by atoms with Crippen molar-refractivity contribution in [3.8, 4) is 17.1 Å². The third kappa shape index (κ3) is 4.05. The summed E-state index contributed by atoms with van der Waals surface area (Å²) in [4.78, 5) is 17.9. The van der Waals surface area contributed by atoms with Crippen LogP contribution in [0.5, 0.6) is 6.01 Å². The predicted octanol–water partition coefficient (Wildman–Crippen LogP) is 4.93. The highest BCUT2D eigenvalue weighted by atomic mass is 35.5. The Kier molecular flexibility index (Phi) is 5.83. The highest BCUT2D eigenvalue weighted by Gasteiger charge is 2.49. The van der Waals surface area contributed by atoms with E-state index in [1.165, 1.54) is 12.1 Å². The minimum Gasteiger partial charge on any atom is -0.461 e. The lowest BCUT2D eigenvalue weighted by atomic mass is 9.91. The van der Waals surface area contributed by atoms with E-state index in [0.717, 1.165) is 37.1 Å². The summed E-state index contributed by atoms with van der Waals surface area (Å²) >= 11 is 7.74. The second kappa shape index (κ2) is 9.29. The molecule has 41 heavy (non-hydrogen) atoms. The minimum absolute atomic E-state index is 0.0394. The van der Waals surface area contributed by atoms with Gasteiger partial charge in [-0.25, -0.2) is 18.2 Å². The van der Waals surface area contributed by atoms with Crippen molar-refractivity contribution in [2.75, 3.05) is 43.4 Å². The maximum Gasteiger partial charge on any atom is 0.319 e. The van der Waals surface area contributed by atoms with Gasteiger partial charge in [0.1, 0.15) is 29.9 Å². The van der Waals surface area contributed by atoms with Crippen LogP contribution in [0.3, 0.4) is 0 Å². The first-order valence-corrected chi connectivity index (χ1v) is 15.0. The maximum atomic E-state index is 16.6. The molecule has 0 spiro atoms. The van der Waals surface area contributed by atoms with Crippen LogP contribution in [0, 0.1) is 11.6 Å². The molecule has 4 aromatic rings. The van der Waals surface area contributed by atoms with Crippen LogP contribution in [-0.4, -0.2) is 76.4 Å². The number of aromatic nitrogens is 3. The smallest absolute Gasteiger partial charge is 0.319 e. The fourth-order valence-electron chi connectivity index (χ4n) is 7.24. The lowest BCUT2D eigenvalue weighted by Crippen LogP contribution is -2.67. The number of piperazine rings is 1. The second-order valence-electron chi connectivity index (χ2n) is 11.7. The van der Waals surface area contributed by atoms with Crippen LogP contribution in [0.4, 0.5) is 24.1 Å². The Balaban J connectivity index is 1.26. The van der Waals surface area contributed by atoms with Crippen LogP contribution in [0.2, 0.25) is 5.02 Å². The second-order valence-corrected chi connectivity index (χ2v) is 13.1. The molecule has 3 N–H and O–H groups in total. The van der Waals surface area contributed by atoms with E-state index in [2.05, 4.69) is 25.1 Å². The van der Waals surface area contributed by atoms with Gasteiger partial charge >= 0.3 is 6.01 Å². The van der Waals surface area contributed by atoms with Gasteiger partial charge in [0.15, 0.2) is 10.9 Å². The Labute approximate surface area is 242 Å².